The molecule has 2 rings (SSSR count). The zero-order valence-corrected chi connectivity index (χ0v) is 10.2. The third-order valence-corrected chi connectivity index (χ3v) is 2.85. The Hall–Kier alpha value is -2.09. The molecular formula is C12H11F3N2O3. The number of aromatic amines is 1. The van der Waals surface area contributed by atoms with Crippen molar-refractivity contribution in [3.63, 3.8) is 0 Å². The first-order valence-electron chi connectivity index (χ1n) is 5.79. The van der Waals surface area contributed by atoms with Gasteiger partial charge in [0.2, 0.25) is 0 Å². The molecule has 0 radical (unpaired) electrons. The van der Waals surface area contributed by atoms with E-state index in [1.807, 2.05) is 0 Å². The molecule has 1 heterocycles. The predicted octanol–water partition coefficient (Wildman–Crippen LogP) is 1.09. The number of alkyl halides is 3. The summed E-state index contributed by atoms with van der Waals surface area (Å²) in [6.45, 7) is -0.288. The smallest absolute Gasteiger partial charge is 0.396 e. The number of fused-ring (bicyclic) bond motifs is 1. The minimum Gasteiger partial charge on any atom is -0.396 e. The molecule has 108 valence electrons. The Morgan fingerprint density at radius 2 is 1.95 bits per heavy atom. The highest BCUT2D eigenvalue weighted by Gasteiger charge is 2.30. The lowest BCUT2D eigenvalue weighted by molar-refractivity contribution is -0.137. The number of benzene rings is 1. The second-order valence-corrected chi connectivity index (χ2v) is 4.22. The largest absolute Gasteiger partial charge is 0.416 e. The van der Waals surface area contributed by atoms with Crippen molar-refractivity contribution in [2.75, 3.05) is 6.61 Å². The van der Waals surface area contributed by atoms with E-state index in [-0.39, 0.29) is 30.5 Å². The fraction of sp³-hybridized carbons (Fsp3) is 0.333. The van der Waals surface area contributed by atoms with Crippen LogP contribution in [0.2, 0.25) is 0 Å². The summed E-state index contributed by atoms with van der Waals surface area (Å²) in [6.07, 6.45) is -4.40. The van der Waals surface area contributed by atoms with Crippen LogP contribution in [-0.4, -0.2) is 21.3 Å². The molecule has 1 aromatic carbocycles. The van der Waals surface area contributed by atoms with Crippen molar-refractivity contribution < 1.29 is 18.3 Å². The molecule has 0 amide bonds. The molecule has 0 unspecified atom stereocenters. The molecule has 0 aliphatic carbocycles. The van der Waals surface area contributed by atoms with E-state index in [0.717, 1.165) is 16.7 Å². The zero-order valence-electron chi connectivity index (χ0n) is 10.2. The van der Waals surface area contributed by atoms with Crippen molar-refractivity contribution in [2.24, 2.45) is 0 Å². The molecule has 0 aliphatic heterocycles. The molecule has 0 fully saturated rings. The van der Waals surface area contributed by atoms with Gasteiger partial charge in [0, 0.05) is 13.2 Å². The molecular weight excluding hydrogens is 277 g/mol. The summed E-state index contributed by atoms with van der Waals surface area (Å²) in [5.74, 6) is 0. The van der Waals surface area contributed by atoms with Gasteiger partial charge in [-0.15, -0.1) is 0 Å². The quantitative estimate of drug-likeness (QED) is 0.887. The number of aliphatic hydroxyl groups excluding tert-OH is 1. The van der Waals surface area contributed by atoms with Crippen LogP contribution in [0.15, 0.2) is 27.8 Å². The summed E-state index contributed by atoms with van der Waals surface area (Å²) in [5.41, 5.74) is -2.42. The van der Waals surface area contributed by atoms with Crippen LogP contribution < -0.4 is 11.2 Å². The third kappa shape index (κ3) is 2.60. The molecule has 8 heteroatoms. The summed E-state index contributed by atoms with van der Waals surface area (Å²) in [7, 11) is 0. The van der Waals surface area contributed by atoms with Gasteiger partial charge in [-0.25, -0.2) is 4.79 Å². The molecule has 0 bridgehead atoms. The number of H-pyrrole nitrogens is 1. The Labute approximate surface area is 110 Å². The summed E-state index contributed by atoms with van der Waals surface area (Å²) < 4.78 is 38.6. The van der Waals surface area contributed by atoms with Crippen LogP contribution in [0, 0.1) is 0 Å². The van der Waals surface area contributed by atoms with Crippen molar-refractivity contribution in [1.82, 2.24) is 9.55 Å². The first-order chi connectivity index (χ1) is 9.34. The van der Waals surface area contributed by atoms with Crippen LogP contribution in [-0.2, 0) is 12.7 Å². The SMILES string of the molecule is O=c1[nH]c2ccc(C(F)(F)F)cc2c(=O)n1CCCO. The average Bonchev–Trinajstić information content (AvgIpc) is 2.37. The maximum Gasteiger partial charge on any atom is 0.416 e. The number of nitrogens with zero attached hydrogens (tertiary/aromatic N) is 1. The number of rotatable bonds is 3. The molecule has 0 saturated carbocycles. The van der Waals surface area contributed by atoms with Crippen molar-refractivity contribution in [2.45, 2.75) is 19.1 Å². The highest BCUT2D eigenvalue weighted by atomic mass is 19.4. The standard InChI is InChI=1S/C12H11F3N2O3/c13-12(14,15)7-2-3-9-8(6-7)10(19)17(4-1-5-18)11(20)16-9/h2-3,6,18H,1,4-5H2,(H,16,20). The van der Waals surface area contributed by atoms with Gasteiger partial charge >= 0.3 is 11.9 Å². The van der Waals surface area contributed by atoms with Crippen LogP contribution in [0.4, 0.5) is 13.2 Å². The van der Waals surface area contributed by atoms with E-state index in [2.05, 4.69) is 4.98 Å². The molecule has 1 aromatic heterocycles. The highest BCUT2D eigenvalue weighted by molar-refractivity contribution is 5.78. The lowest BCUT2D eigenvalue weighted by Crippen LogP contribution is -2.35. The van der Waals surface area contributed by atoms with E-state index in [9.17, 15) is 22.8 Å². The number of hydrogen-bond donors (Lipinski definition) is 2. The molecule has 2 aromatic rings. The number of halogens is 3. The molecule has 0 saturated heterocycles. The zero-order chi connectivity index (χ0) is 14.9. The molecule has 20 heavy (non-hydrogen) atoms. The maximum absolute atomic E-state index is 12.6. The van der Waals surface area contributed by atoms with E-state index < -0.39 is 23.0 Å². The Kier molecular flexibility index (Phi) is 3.67. The Bertz CT molecular complexity index is 746. The molecule has 0 atom stereocenters. The summed E-state index contributed by atoms with van der Waals surface area (Å²) >= 11 is 0. The number of aliphatic hydroxyl groups is 1. The summed E-state index contributed by atoms with van der Waals surface area (Å²) in [5, 5.41) is 8.49. The van der Waals surface area contributed by atoms with Crippen molar-refractivity contribution in [1.29, 1.82) is 0 Å². The second-order valence-electron chi connectivity index (χ2n) is 4.22. The molecule has 2 N–H and O–H groups in total. The van der Waals surface area contributed by atoms with Gasteiger partial charge in [0.25, 0.3) is 5.56 Å². The number of aromatic nitrogens is 2. The number of hydrogen-bond acceptors (Lipinski definition) is 3. The minimum atomic E-state index is -4.56. The monoisotopic (exact) mass is 288 g/mol. The molecule has 5 nitrogen and oxygen atoms in total. The maximum atomic E-state index is 12.6. The van der Waals surface area contributed by atoms with Gasteiger partial charge in [-0.05, 0) is 24.6 Å². The van der Waals surface area contributed by atoms with Gasteiger partial charge in [-0.2, -0.15) is 13.2 Å². The fourth-order valence-electron chi connectivity index (χ4n) is 1.86. The summed E-state index contributed by atoms with van der Waals surface area (Å²) in [6, 6.07) is 2.57. The lowest BCUT2D eigenvalue weighted by atomic mass is 10.1. The van der Waals surface area contributed by atoms with E-state index >= 15 is 0 Å². The first-order valence-corrected chi connectivity index (χ1v) is 5.79. The van der Waals surface area contributed by atoms with E-state index in [4.69, 9.17) is 5.11 Å². The van der Waals surface area contributed by atoms with Crippen molar-refractivity contribution >= 4 is 10.9 Å². The average molecular weight is 288 g/mol. The van der Waals surface area contributed by atoms with Gasteiger partial charge in [0.1, 0.15) is 0 Å². The highest BCUT2D eigenvalue weighted by Crippen LogP contribution is 2.30. The van der Waals surface area contributed by atoms with Crippen LogP contribution in [0.25, 0.3) is 10.9 Å². The number of nitrogens with one attached hydrogen (secondary N) is 1. The van der Waals surface area contributed by atoms with Crippen LogP contribution >= 0.6 is 0 Å². The fourth-order valence-corrected chi connectivity index (χ4v) is 1.86. The van der Waals surface area contributed by atoms with E-state index in [1.54, 1.807) is 0 Å². The summed E-state index contributed by atoms with van der Waals surface area (Å²) in [4.78, 5) is 26.0. The van der Waals surface area contributed by atoms with Crippen LogP contribution in [0.5, 0.6) is 0 Å². The van der Waals surface area contributed by atoms with Gasteiger partial charge in [-0.3, -0.25) is 9.36 Å². The van der Waals surface area contributed by atoms with E-state index in [1.165, 1.54) is 0 Å². The normalized spacial score (nSPS) is 12.0. The van der Waals surface area contributed by atoms with Crippen molar-refractivity contribution in [3.05, 3.63) is 44.6 Å². The molecule has 0 spiro atoms. The van der Waals surface area contributed by atoms with Gasteiger partial charge in [0.05, 0.1) is 16.5 Å². The van der Waals surface area contributed by atoms with E-state index in [0.29, 0.717) is 6.07 Å². The minimum absolute atomic E-state index is 0.0493. The topological polar surface area (TPSA) is 75.1 Å². The molecule has 0 aliphatic rings. The third-order valence-electron chi connectivity index (χ3n) is 2.85. The van der Waals surface area contributed by atoms with Crippen LogP contribution in [0.1, 0.15) is 12.0 Å². The second kappa shape index (κ2) is 5.12. The van der Waals surface area contributed by atoms with Crippen LogP contribution in [0.3, 0.4) is 0 Å². The first kappa shape index (κ1) is 14.3. The Balaban J connectivity index is 2.68. The predicted molar refractivity (Wildman–Crippen MR) is 65.5 cm³/mol. The lowest BCUT2D eigenvalue weighted by Gasteiger charge is -2.09. The van der Waals surface area contributed by atoms with Gasteiger partial charge in [0.15, 0.2) is 0 Å². The van der Waals surface area contributed by atoms with Gasteiger partial charge in [-0.1, -0.05) is 0 Å². The Morgan fingerprint density at radius 3 is 2.55 bits per heavy atom. The van der Waals surface area contributed by atoms with Gasteiger partial charge < -0.3 is 10.1 Å². The Morgan fingerprint density at radius 1 is 1.25 bits per heavy atom. The van der Waals surface area contributed by atoms with Crippen molar-refractivity contribution in [3.8, 4) is 0 Å².